The van der Waals surface area contributed by atoms with Crippen molar-refractivity contribution in [3.8, 4) is 5.75 Å². The molecule has 7 rings (SSSR count). The van der Waals surface area contributed by atoms with E-state index in [2.05, 4.69) is 4.99 Å². The van der Waals surface area contributed by atoms with Crippen LogP contribution < -0.4 is 4.74 Å². The van der Waals surface area contributed by atoms with Crippen molar-refractivity contribution in [2.45, 2.75) is 29.8 Å². The molecule has 52 heavy (non-hydrogen) atoms. The fourth-order valence-electron chi connectivity index (χ4n) is 6.24. The van der Waals surface area contributed by atoms with Crippen LogP contribution in [0.25, 0.3) is 0 Å². The lowest BCUT2D eigenvalue weighted by molar-refractivity contribution is -0.166. The normalized spacial score (nSPS) is 16.3. The number of halogens is 2. The molecule has 0 saturated carbocycles. The Morgan fingerprint density at radius 3 is 1.44 bits per heavy atom. The molecule has 6 nitrogen and oxygen atoms in total. The standard InChI is InChI=1S/C44H34Cl2N2O4/c45-41(35-24-14-5-15-25-35)47-37-42(46)48(43(37)49)38(44(50)52-40(33-20-10-3-11-21-33)34-22-12-4-13-23-34)30-26-28-36(29-27-30)51-39(31-16-6-1-7-17-31)32-18-8-2-9-19-32/h1-29,37-40,42H/b47-41-/t37-,38?,42+/m0/s1. The van der Waals surface area contributed by atoms with Gasteiger partial charge in [-0.25, -0.2) is 4.79 Å². The maximum atomic E-state index is 14.4. The molecule has 1 saturated heterocycles. The van der Waals surface area contributed by atoms with E-state index < -0.39 is 35.6 Å². The van der Waals surface area contributed by atoms with Gasteiger partial charge in [-0.3, -0.25) is 9.79 Å². The Labute approximate surface area is 312 Å². The average molecular weight is 726 g/mol. The van der Waals surface area contributed by atoms with Crippen LogP contribution in [-0.4, -0.2) is 33.5 Å². The van der Waals surface area contributed by atoms with Crippen LogP contribution in [0.2, 0.25) is 0 Å². The molecule has 1 heterocycles. The Morgan fingerprint density at radius 2 is 1.00 bits per heavy atom. The lowest BCUT2D eigenvalue weighted by atomic mass is 9.97. The third-order valence-corrected chi connectivity index (χ3v) is 9.66. The van der Waals surface area contributed by atoms with E-state index in [0.717, 1.165) is 22.3 Å². The Hall–Kier alpha value is -5.69. The summed E-state index contributed by atoms with van der Waals surface area (Å²) in [6.45, 7) is 0. The monoisotopic (exact) mass is 724 g/mol. The zero-order chi connectivity index (χ0) is 35.9. The lowest BCUT2D eigenvalue weighted by Crippen LogP contribution is -2.63. The molecule has 1 aliphatic heterocycles. The number of β-lactam (4-membered cyclic amide) rings is 1. The molecule has 0 bridgehead atoms. The van der Waals surface area contributed by atoms with Crippen LogP contribution >= 0.6 is 23.2 Å². The van der Waals surface area contributed by atoms with Gasteiger partial charge in [0.1, 0.15) is 22.5 Å². The van der Waals surface area contributed by atoms with Gasteiger partial charge >= 0.3 is 5.97 Å². The van der Waals surface area contributed by atoms with Crippen molar-refractivity contribution in [3.05, 3.63) is 209 Å². The number of alkyl halides is 1. The summed E-state index contributed by atoms with van der Waals surface area (Å²) in [4.78, 5) is 34.1. The number of amides is 1. The van der Waals surface area contributed by atoms with E-state index >= 15 is 0 Å². The van der Waals surface area contributed by atoms with E-state index in [1.54, 1.807) is 36.4 Å². The molecule has 6 aromatic rings. The summed E-state index contributed by atoms with van der Waals surface area (Å²) in [5.41, 5.74) is 3.74. The molecule has 0 spiro atoms. The topological polar surface area (TPSA) is 68.2 Å². The highest BCUT2D eigenvalue weighted by molar-refractivity contribution is 6.69. The summed E-state index contributed by atoms with van der Waals surface area (Å²) in [5, 5.41) is 0.157. The summed E-state index contributed by atoms with van der Waals surface area (Å²) in [7, 11) is 0. The lowest BCUT2D eigenvalue weighted by Gasteiger charge is -2.45. The summed E-state index contributed by atoms with van der Waals surface area (Å²) >= 11 is 13.4. The molecule has 0 N–H and O–H groups in total. The fraction of sp³-hybridized carbons (Fsp3) is 0.114. The number of carbonyl (C=O) groups excluding carboxylic acids is 2. The largest absolute Gasteiger partial charge is 0.481 e. The van der Waals surface area contributed by atoms with Crippen LogP contribution in [0, 0.1) is 0 Å². The molecule has 3 atom stereocenters. The van der Waals surface area contributed by atoms with Crippen LogP contribution in [0.4, 0.5) is 0 Å². The van der Waals surface area contributed by atoms with Crippen LogP contribution in [0.1, 0.15) is 51.6 Å². The number of esters is 1. The Bertz CT molecular complexity index is 2040. The first-order valence-electron chi connectivity index (χ1n) is 16.9. The maximum absolute atomic E-state index is 14.4. The van der Waals surface area contributed by atoms with E-state index in [1.807, 2.05) is 140 Å². The second-order valence-electron chi connectivity index (χ2n) is 12.3. The molecule has 6 aromatic carbocycles. The number of hydrogen-bond donors (Lipinski definition) is 0. The third kappa shape index (κ3) is 7.64. The zero-order valence-electron chi connectivity index (χ0n) is 27.9. The van der Waals surface area contributed by atoms with Crippen LogP contribution in [0.3, 0.4) is 0 Å². The van der Waals surface area contributed by atoms with E-state index in [9.17, 15) is 9.59 Å². The highest BCUT2D eigenvalue weighted by Gasteiger charge is 2.53. The summed E-state index contributed by atoms with van der Waals surface area (Å²) in [5.74, 6) is -0.511. The molecular formula is C44H34Cl2N2O4. The second-order valence-corrected chi connectivity index (χ2v) is 13.1. The Morgan fingerprint density at radius 1 is 0.577 bits per heavy atom. The smallest absolute Gasteiger partial charge is 0.334 e. The van der Waals surface area contributed by atoms with E-state index in [-0.39, 0.29) is 11.3 Å². The number of carbonyl (C=O) groups is 2. The number of hydrogen-bond acceptors (Lipinski definition) is 5. The second kappa shape index (κ2) is 16.1. The predicted molar refractivity (Wildman–Crippen MR) is 204 cm³/mol. The number of rotatable bonds is 12. The molecular weight excluding hydrogens is 691 g/mol. The predicted octanol–water partition coefficient (Wildman–Crippen LogP) is 9.69. The van der Waals surface area contributed by atoms with Crippen molar-refractivity contribution in [2.24, 2.45) is 4.99 Å². The van der Waals surface area contributed by atoms with Gasteiger partial charge in [0.15, 0.2) is 18.2 Å². The van der Waals surface area contributed by atoms with Gasteiger partial charge in [-0.1, -0.05) is 187 Å². The van der Waals surface area contributed by atoms with E-state index in [1.165, 1.54) is 4.90 Å². The minimum atomic E-state index is -1.18. The third-order valence-electron chi connectivity index (χ3n) is 8.89. The van der Waals surface area contributed by atoms with Gasteiger partial charge in [-0.15, -0.1) is 0 Å². The van der Waals surface area contributed by atoms with Gasteiger partial charge in [0.2, 0.25) is 0 Å². The zero-order valence-corrected chi connectivity index (χ0v) is 29.4. The van der Waals surface area contributed by atoms with Crippen molar-refractivity contribution in [2.75, 3.05) is 0 Å². The van der Waals surface area contributed by atoms with Crippen molar-refractivity contribution in [3.63, 3.8) is 0 Å². The van der Waals surface area contributed by atoms with E-state index in [4.69, 9.17) is 32.7 Å². The first kappa shape index (κ1) is 34.7. The first-order valence-corrected chi connectivity index (χ1v) is 17.7. The average Bonchev–Trinajstić information content (AvgIpc) is 3.21. The van der Waals surface area contributed by atoms with Gasteiger partial charge in [-0.2, -0.15) is 0 Å². The van der Waals surface area contributed by atoms with Gasteiger partial charge in [-0.05, 0) is 39.9 Å². The Balaban J connectivity index is 1.21. The minimum Gasteiger partial charge on any atom is -0.481 e. The fourth-order valence-corrected chi connectivity index (χ4v) is 6.85. The van der Waals surface area contributed by atoms with Gasteiger partial charge in [0, 0.05) is 5.56 Å². The SMILES string of the molecule is O=C(OC(c1ccccc1)c1ccccc1)C(c1ccc(OC(c2ccccc2)c2ccccc2)cc1)N1C(=O)[C@@H](/N=C(\Cl)c2ccccc2)[C@@H]1Cl. The Kier molecular flexibility index (Phi) is 10.8. The molecule has 258 valence electrons. The molecule has 1 amide bonds. The van der Waals surface area contributed by atoms with Gasteiger partial charge in [0.25, 0.3) is 5.91 Å². The van der Waals surface area contributed by atoms with Crippen LogP contribution in [0.5, 0.6) is 5.75 Å². The van der Waals surface area contributed by atoms with Crippen LogP contribution in [0.15, 0.2) is 181 Å². The molecule has 1 unspecified atom stereocenters. The van der Waals surface area contributed by atoms with E-state index in [0.29, 0.717) is 16.9 Å². The number of aliphatic imine (C=N–C) groups is 1. The van der Waals surface area contributed by atoms with Gasteiger partial charge < -0.3 is 14.4 Å². The van der Waals surface area contributed by atoms with Crippen molar-refractivity contribution < 1.29 is 19.1 Å². The molecule has 1 fully saturated rings. The molecule has 8 heteroatoms. The summed E-state index contributed by atoms with van der Waals surface area (Å²) in [6, 6.07) is 52.9. The molecule has 0 radical (unpaired) electrons. The summed E-state index contributed by atoms with van der Waals surface area (Å²) < 4.78 is 12.9. The van der Waals surface area contributed by atoms with Crippen molar-refractivity contribution in [1.82, 2.24) is 4.90 Å². The number of benzene rings is 6. The highest BCUT2D eigenvalue weighted by Crippen LogP contribution is 2.40. The number of nitrogens with zero attached hydrogens (tertiary/aromatic N) is 2. The molecule has 0 aliphatic carbocycles. The maximum Gasteiger partial charge on any atom is 0.334 e. The van der Waals surface area contributed by atoms with Gasteiger partial charge in [0.05, 0.1) is 0 Å². The molecule has 1 aliphatic rings. The number of likely N-dealkylation sites (tertiary alicyclic amines) is 1. The number of ether oxygens (including phenoxy) is 2. The van der Waals surface area contributed by atoms with Crippen molar-refractivity contribution in [1.29, 1.82) is 0 Å². The molecule has 0 aromatic heterocycles. The van der Waals surface area contributed by atoms with Crippen molar-refractivity contribution >= 4 is 40.2 Å². The minimum absolute atomic E-state index is 0.157. The quantitative estimate of drug-likeness (QED) is 0.0415. The first-order chi connectivity index (χ1) is 25.5. The highest BCUT2D eigenvalue weighted by atomic mass is 35.5. The van der Waals surface area contributed by atoms with Crippen LogP contribution in [-0.2, 0) is 14.3 Å². The summed E-state index contributed by atoms with van der Waals surface area (Å²) in [6.07, 6.45) is -1.10.